The van der Waals surface area contributed by atoms with Crippen LogP contribution in [-0.4, -0.2) is 17.7 Å². The molecule has 2 rings (SSSR count). The van der Waals surface area contributed by atoms with Gasteiger partial charge in [-0.3, -0.25) is 0 Å². The predicted molar refractivity (Wildman–Crippen MR) is 80.4 cm³/mol. The van der Waals surface area contributed by atoms with Crippen molar-refractivity contribution in [1.29, 1.82) is 0 Å². The van der Waals surface area contributed by atoms with Crippen molar-refractivity contribution in [2.75, 3.05) is 6.54 Å². The molecule has 1 aromatic carbocycles. The minimum absolute atomic E-state index is 0.0830. The minimum atomic E-state index is -1.41. The van der Waals surface area contributed by atoms with Crippen molar-refractivity contribution in [2.45, 2.75) is 38.3 Å². The highest BCUT2D eigenvalue weighted by Gasteiger charge is 2.27. The number of hydrogen-bond donors (Lipinski definition) is 2. The number of nitrogens with one attached hydrogen (secondary N) is 1. The molecule has 3 nitrogen and oxygen atoms in total. The summed E-state index contributed by atoms with van der Waals surface area (Å²) in [6.45, 7) is 3.67. The fraction of sp³-hybridized carbons (Fsp3) is 0.412. The topological polar surface area (TPSA) is 45.4 Å². The number of hydrogen-bond acceptors (Lipinski definition) is 3. The van der Waals surface area contributed by atoms with E-state index in [-0.39, 0.29) is 18.2 Å². The third-order valence-corrected chi connectivity index (χ3v) is 3.71. The van der Waals surface area contributed by atoms with Crippen LogP contribution in [0.5, 0.6) is 0 Å². The van der Waals surface area contributed by atoms with E-state index in [1.807, 2.05) is 19.1 Å². The average Bonchev–Trinajstić information content (AvgIpc) is 2.96. The lowest BCUT2D eigenvalue weighted by molar-refractivity contribution is 0.0503. The highest BCUT2D eigenvalue weighted by molar-refractivity contribution is 5.24. The smallest absolute Gasteiger partial charge is 0.132 e. The van der Waals surface area contributed by atoms with Gasteiger partial charge in [0.25, 0.3) is 0 Å². The molecule has 0 amide bonds. The first-order valence-electron chi connectivity index (χ1n) is 7.32. The van der Waals surface area contributed by atoms with Crippen LogP contribution < -0.4 is 5.32 Å². The van der Waals surface area contributed by atoms with Crippen LogP contribution in [-0.2, 0) is 12.0 Å². The number of benzene rings is 1. The molecule has 0 aliphatic carbocycles. The maximum absolute atomic E-state index is 13.8. The van der Waals surface area contributed by atoms with Crippen molar-refractivity contribution in [1.82, 2.24) is 5.32 Å². The maximum atomic E-state index is 13.8. The molecule has 0 spiro atoms. The highest BCUT2D eigenvalue weighted by atomic mass is 19.1. The molecule has 0 radical (unpaired) electrons. The van der Waals surface area contributed by atoms with Crippen LogP contribution >= 0.6 is 0 Å². The molecule has 2 aromatic rings. The van der Waals surface area contributed by atoms with Gasteiger partial charge in [0, 0.05) is 30.6 Å². The standard InChI is InChI=1S/C17H21F2NO2/c1-12(5-7-14-4-3-9-22-14)20-11-17(2,21)15-8-6-13(18)10-16(15)19/h3-4,6,8-10,12,20-21H,5,7,11H2,1-2H3. The first-order chi connectivity index (χ1) is 10.4. The molecular formula is C17H21F2NO2. The third-order valence-electron chi connectivity index (χ3n) is 3.71. The Morgan fingerprint density at radius 3 is 2.73 bits per heavy atom. The summed E-state index contributed by atoms with van der Waals surface area (Å²) in [4.78, 5) is 0. The van der Waals surface area contributed by atoms with Crippen LogP contribution in [0, 0.1) is 11.6 Å². The normalized spacial score (nSPS) is 15.5. The second-order valence-electron chi connectivity index (χ2n) is 5.80. The van der Waals surface area contributed by atoms with Gasteiger partial charge >= 0.3 is 0 Å². The van der Waals surface area contributed by atoms with E-state index in [2.05, 4.69) is 5.32 Å². The minimum Gasteiger partial charge on any atom is -0.469 e. The van der Waals surface area contributed by atoms with E-state index in [1.54, 1.807) is 6.26 Å². The predicted octanol–water partition coefficient (Wildman–Crippen LogP) is 3.38. The summed E-state index contributed by atoms with van der Waals surface area (Å²) < 4.78 is 32.0. The van der Waals surface area contributed by atoms with E-state index in [0.29, 0.717) is 0 Å². The van der Waals surface area contributed by atoms with Gasteiger partial charge in [-0.05, 0) is 38.5 Å². The Labute approximate surface area is 129 Å². The van der Waals surface area contributed by atoms with Crippen LogP contribution in [0.15, 0.2) is 41.0 Å². The molecule has 120 valence electrons. The molecule has 0 fully saturated rings. The Morgan fingerprint density at radius 2 is 2.09 bits per heavy atom. The number of rotatable bonds is 7. The molecule has 0 bridgehead atoms. The number of aliphatic hydroxyl groups is 1. The van der Waals surface area contributed by atoms with Gasteiger partial charge in [0.2, 0.25) is 0 Å². The summed E-state index contributed by atoms with van der Waals surface area (Å²) in [5, 5.41) is 13.6. The zero-order chi connectivity index (χ0) is 16.2. The van der Waals surface area contributed by atoms with Crippen molar-refractivity contribution < 1.29 is 18.3 Å². The van der Waals surface area contributed by atoms with Gasteiger partial charge in [-0.1, -0.05) is 6.07 Å². The summed E-state index contributed by atoms with van der Waals surface area (Å²) in [6, 6.07) is 7.09. The van der Waals surface area contributed by atoms with Crippen molar-refractivity contribution in [2.24, 2.45) is 0 Å². The van der Waals surface area contributed by atoms with Crippen molar-refractivity contribution >= 4 is 0 Å². The van der Waals surface area contributed by atoms with Crippen molar-refractivity contribution in [3.8, 4) is 0 Å². The van der Waals surface area contributed by atoms with Crippen LogP contribution in [0.1, 0.15) is 31.6 Å². The van der Waals surface area contributed by atoms with Crippen molar-refractivity contribution in [3.05, 3.63) is 59.6 Å². The number of halogens is 2. The zero-order valence-corrected chi connectivity index (χ0v) is 12.8. The monoisotopic (exact) mass is 309 g/mol. The summed E-state index contributed by atoms with van der Waals surface area (Å²) >= 11 is 0. The quantitative estimate of drug-likeness (QED) is 0.824. The second-order valence-corrected chi connectivity index (χ2v) is 5.80. The zero-order valence-electron chi connectivity index (χ0n) is 12.8. The number of aryl methyl sites for hydroxylation is 1. The van der Waals surface area contributed by atoms with Crippen LogP contribution in [0.4, 0.5) is 8.78 Å². The molecule has 2 unspecified atom stereocenters. The lowest BCUT2D eigenvalue weighted by Crippen LogP contribution is -2.40. The van der Waals surface area contributed by atoms with E-state index in [0.717, 1.165) is 30.7 Å². The average molecular weight is 309 g/mol. The summed E-state index contributed by atoms with van der Waals surface area (Å²) in [5.41, 5.74) is -1.32. The first-order valence-corrected chi connectivity index (χ1v) is 7.32. The fourth-order valence-corrected chi connectivity index (χ4v) is 2.31. The molecule has 22 heavy (non-hydrogen) atoms. The van der Waals surface area contributed by atoms with Gasteiger partial charge in [0.05, 0.1) is 6.26 Å². The second kappa shape index (κ2) is 7.03. The molecule has 2 N–H and O–H groups in total. The Balaban J connectivity index is 1.88. The Hall–Kier alpha value is -1.72. The van der Waals surface area contributed by atoms with Gasteiger partial charge < -0.3 is 14.8 Å². The van der Waals surface area contributed by atoms with E-state index >= 15 is 0 Å². The largest absolute Gasteiger partial charge is 0.469 e. The Morgan fingerprint density at radius 1 is 1.32 bits per heavy atom. The molecule has 0 aliphatic heterocycles. The van der Waals surface area contributed by atoms with Crippen LogP contribution in [0.2, 0.25) is 0 Å². The fourth-order valence-electron chi connectivity index (χ4n) is 2.31. The first kappa shape index (κ1) is 16.6. The Kier molecular flexibility index (Phi) is 5.32. The van der Waals surface area contributed by atoms with E-state index < -0.39 is 17.2 Å². The molecule has 1 aromatic heterocycles. The summed E-state index contributed by atoms with van der Waals surface area (Å²) in [6.07, 6.45) is 3.25. The molecule has 1 heterocycles. The van der Waals surface area contributed by atoms with Gasteiger partial charge in [-0.15, -0.1) is 0 Å². The summed E-state index contributed by atoms with van der Waals surface area (Å²) in [7, 11) is 0. The third kappa shape index (κ3) is 4.39. The van der Waals surface area contributed by atoms with Crippen LogP contribution in [0.25, 0.3) is 0 Å². The van der Waals surface area contributed by atoms with E-state index in [4.69, 9.17) is 4.42 Å². The highest BCUT2D eigenvalue weighted by Crippen LogP contribution is 2.23. The Bertz CT molecular complexity index is 597. The molecule has 0 aliphatic rings. The van der Waals surface area contributed by atoms with Gasteiger partial charge in [0.15, 0.2) is 0 Å². The lowest BCUT2D eigenvalue weighted by Gasteiger charge is -2.27. The van der Waals surface area contributed by atoms with Gasteiger partial charge in [0.1, 0.15) is 23.0 Å². The van der Waals surface area contributed by atoms with Crippen LogP contribution in [0.3, 0.4) is 0 Å². The SMILES string of the molecule is CC(CCc1ccco1)NCC(C)(O)c1ccc(F)cc1F. The lowest BCUT2D eigenvalue weighted by atomic mass is 9.95. The molecule has 0 saturated carbocycles. The molecule has 2 atom stereocenters. The van der Waals surface area contributed by atoms with Gasteiger partial charge in [-0.25, -0.2) is 8.78 Å². The van der Waals surface area contributed by atoms with Gasteiger partial charge in [-0.2, -0.15) is 0 Å². The molecule has 0 saturated heterocycles. The summed E-state index contributed by atoms with van der Waals surface area (Å²) in [5.74, 6) is -0.489. The maximum Gasteiger partial charge on any atom is 0.132 e. The van der Waals surface area contributed by atoms with Crippen molar-refractivity contribution in [3.63, 3.8) is 0 Å². The number of furan rings is 1. The molecule has 5 heteroatoms. The van der Waals surface area contributed by atoms with E-state index in [9.17, 15) is 13.9 Å². The molecular weight excluding hydrogens is 288 g/mol. The van der Waals surface area contributed by atoms with E-state index in [1.165, 1.54) is 13.0 Å².